The average Bonchev–Trinajstić information content (AvgIpc) is 3.07. The molecule has 1 aliphatic carbocycles. The molecule has 1 fully saturated rings. The van der Waals surface area contributed by atoms with Crippen molar-refractivity contribution in [1.29, 1.82) is 0 Å². The van der Waals surface area contributed by atoms with Crippen molar-refractivity contribution in [3.05, 3.63) is 51.4 Å². The number of fused-ring (bicyclic) bond motifs is 1. The van der Waals surface area contributed by atoms with E-state index in [4.69, 9.17) is 9.47 Å². The van der Waals surface area contributed by atoms with Crippen molar-refractivity contribution >= 4 is 29.0 Å². The number of imide groups is 1. The largest absolute Gasteiger partial charge is 0.496 e. The second-order valence-electron chi connectivity index (χ2n) is 10.1. The Hall–Kier alpha value is -2.73. The van der Waals surface area contributed by atoms with Crippen LogP contribution in [0.2, 0.25) is 0 Å². The molecule has 174 valence electrons. The number of methoxy groups -OCH3 is 2. The van der Waals surface area contributed by atoms with Gasteiger partial charge in [-0.3, -0.25) is 14.9 Å². The van der Waals surface area contributed by atoms with Crippen molar-refractivity contribution in [3.8, 4) is 22.6 Å². The molecule has 2 aromatic rings. The fourth-order valence-corrected chi connectivity index (χ4v) is 5.49. The van der Waals surface area contributed by atoms with Crippen molar-refractivity contribution in [2.75, 3.05) is 14.2 Å². The first-order valence-corrected chi connectivity index (χ1v) is 12.0. The van der Waals surface area contributed by atoms with Crippen LogP contribution in [0.4, 0.5) is 4.79 Å². The standard InChI is InChI=1S/C27H31NO4S/c1-15-10-19-20(27(4,5)9-8-26(19,2)3)13-17(15)18-11-16(21(31-6)14-22(18)32-7)12-23-24(29)28-25(30)33-23/h10-14H,8-9H2,1-7H3,(H,28,29,30)/b23-12-. The third-order valence-electron chi connectivity index (χ3n) is 6.97. The highest BCUT2D eigenvalue weighted by Crippen LogP contribution is 2.49. The number of benzene rings is 2. The number of carbonyl (C=O) groups is 2. The molecule has 5 nitrogen and oxygen atoms in total. The molecule has 0 spiro atoms. The summed E-state index contributed by atoms with van der Waals surface area (Å²) in [6, 6.07) is 8.46. The summed E-state index contributed by atoms with van der Waals surface area (Å²) >= 11 is 0.895. The molecule has 33 heavy (non-hydrogen) atoms. The normalized spacial score (nSPS) is 19.9. The molecule has 1 aliphatic heterocycles. The number of ether oxygens (including phenoxy) is 2. The van der Waals surface area contributed by atoms with Gasteiger partial charge in [0, 0.05) is 17.2 Å². The Labute approximate surface area is 199 Å². The van der Waals surface area contributed by atoms with Gasteiger partial charge in [-0.15, -0.1) is 0 Å². The highest BCUT2D eigenvalue weighted by Gasteiger charge is 2.37. The highest BCUT2D eigenvalue weighted by molar-refractivity contribution is 8.18. The van der Waals surface area contributed by atoms with E-state index in [1.807, 2.05) is 12.1 Å². The summed E-state index contributed by atoms with van der Waals surface area (Å²) in [6.45, 7) is 11.4. The summed E-state index contributed by atoms with van der Waals surface area (Å²) < 4.78 is 11.3. The maximum absolute atomic E-state index is 12.1. The molecule has 0 atom stereocenters. The van der Waals surface area contributed by atoms with E-state index in [2.05, 4.69) is 52.1 Å². The van der Waals surface area contributed by atoms with Crippen LogP contribution >= 0.6 is 11.8 Å². The number of aryl methyl sites for hydroxylation is 1. The number of rotatable bonds is 4. The van der Waals surface area contributed by atoms with Gasteiger partial charge in [0.2, 0.25) is 0 Å². The number of carbonyl (C=O) groups excluding carboxylic acids is 2. The van der Waals surface area contributed by atoms with Gasteiger partial charge < -0.3 is 9.47 Å². The van der Waals surface area contributed by atoms with E-state index in [1.54, 1.807) is 20.3 Å². The molecule has 1 heterocycles. The first kappa shape index (κ1) is 23.4. The molecular formula is C27H31NO4S. The molecule has 6 heteroatoms. The third-order valence-corrected chi connectivity index (χ3v) is 7.78. The summed E-state index contributed by atoms with van der Waals surface area (Å²) in [7, 11) is 3.23. The Kier molecular flexibility index (Phi) is 5.85. The molecular weight excluding hydrogens is 434 g/mol. The van der Waals surface area contributed by atoms with E-state index in [-0.39, 0.29) is 16.1 Å². The van der Waals surface area contributed by atoms with Crippen molar-refractivity contribution in [1.82, 2.24) is 5.32 Å². The summed E-state index contributed by atoms with van der Waals surface area (Å²) in [4.78, 5) is 24.1. The summed E-state index contributed by atoms with van der Waals surface area (Å²) in [6.07, 6.45) is 3.99. The topological polar surface area (TPSA) is 64.6 Å². The van der Waals surface area contributed by atoms with Crippen molar-refractivity contribution < 1.29 is 19.1 Å². The van der Waals surface area contributed by atoms with Gasteiger partial charge in [0.25, 0.3) is 11.1 Å². The van der Waals surface area contributed by atoms with Crippen LogP contribution in [0.3, 0.4) is 0 Å². The second kappa shape index (κ2) is 8.24. The molecule has 0 unspecified atom stereocenters. The van der Waals surface area contributed by atoms with Gasteiger partial charge in [0.1, 0.15) is 11.5 Å². The van der Waals surface area contributed by atoms with Gasteiger partial charge in [0.05, 0.1) is 19.1 Å². The monoisotopic (exact) mass is 465 g/mol. The maximum Gasteiger partial charge on any atom is 0.290 e. The average molecular weight is 466 g/mol. The van der Waals surface area contributed by atoms with Crippen LogP contribution in [0.5, 0.6) is 11.5 Å². The highest BCUT2D eigenvalue weighted by atomic mass is 32.2. The maximum atomic E-state index is 12.1. The number of hydrogen-bond acceptors (Lipinski definition) is 5. The van der Waals surface area contributed by atoms with Gasteiger partial charge >= 0.3 is 0 Å². The summed E-state index contributed by atoms with van der Waals surface area (Å²) in [5, 5.41) is 1.94. The van der Waals surface area contributed by atoms with Crippen LogP contribution in [0.25, 0.3) is 17.2 Å². The van der Waals surface area contributed by atoms with E-state index in [0.717, 1.165) is 41.3 Å². The minimum Gasteiger partial charge on any atom is -0.496 e. The van der Waals surface area contributed by atoms with Crippen molar-refractivity contribution in [2.45, 2.75) is 58.3 Å². The molecule has 0 saturated carbocycles. The fourth-order valence-electron chi connectivity index (χ4n) is 4.82. The van der Waals surface area contributed by atoms with Crippen LogP contribution < -0.4 is 14.8 Å². The predicted octanol–water partition coefficient (Wildman–Crippen LogP) is 6.35. The SMILES string of the molecule is COc1cc(OC)c(-c2cc3c(cc2C)C(C)(C)CCC3(C)C)cc1/C=C1\SC(=O)NC1=O. The first-order chi connectivity index (χ1) is 15.5. The zero-order chi connectivity index (χ0) is 24.1. The smallest absolute Gasteiger partial charge is 0.290 e. The van der Waals surface area contributed by atoms with Gasteiger partial charge in [-0.25, -0.2) is 0 Å². The lowest BCUT2D eigenvalue weighted by Gasteiger charge is -2.42. The van der Waals surface area contributed by atoms with E-state index >= 15 is 0 Å². The van der Waals surface area contributed by atoms with Crippen molar-refractivity contribution in [3.63, 3.8) is 0 Å². The molecule has 2 aliphatic rings. The lowest BCUT2D eigenvalue weighted by Crippen LogP contribution is -2.34. The molecule has 1 N–H and O–H groups in total. The molecule has 0 radical (unpaired) electrons. The minimum absolute atomic E-state index is 0.0801. The zero-order valence-corrected chi connectivity index (χ0v) is 21.2. The fraction of sp³-hybridized carbons (Fsp3) is 0.407. The Morgan fingerprint density at radius 3 is 2.03 bits per heavy atom. The molecule has 0 bridgehead atoms. The van der Waals surface area contributed by atoms with Crippen LogP contribution in [-0.4, -0.2) is 25.4 Å². The van der Waals surface area contributed by atoms with Crippen LogP contribution in [-0.2, 0) is 15.6 Å². The first-order valence-electron chi connectivity index (χ1n) is 11.1. The number of amides is 2. The van der Waals surface area contributed by atoms with E-state index < -0.39 is 5.91 Å². The lowest BCUT2D eigenvalue weighted by molar-refractivity contribution is -0.115. The van der Waals surface area contributed by atoms with E-state index in [9.17, 15) is 9.59 Å². The quantitative estimate of drug-likeness (QED) is 0.533. The van der Waals surface area contributed by atoms with Crippen molar-refractivity contribution in [2.24, 2.45) is 0 Å². The molecule has 2 aromatic carbocycles. The molecule has 2 amide bonds. The van der Waals surface area contributed by atoms with Gasteiger partial charge in [-0.1, -0.05) is 33.8 Å². The molecule has 4 rings (SSSR count). The third kappa shape index (κ3) is 4.17. The Morgan fingerprint density at radius 1 is 0.879 bits per heavy atom. The van der Waals surface area contributed by atoms with Crippen LogP contribution in [0, 0.1) is 6.92 Å². The summed E-state index contributed by atoms with van der Waals surface area (Å²) in [5.41, 5.74) is 6.91. The molecule has 1 saturated heterocycles. The summed E-state index contributed by atoms with van der Waals surface area (Å²) in [5.74, 6) is 0.885. The Bertz CT molecular complexity index is 1190. The number of hydrogen-bond donors (Lipinski definition) is 1. The Morgan fingerprint density at radius 2 is 1.48 bits per heavy atom. The van der Waals surface area contributed by atoms with Crippen LogP contribution in [0.1, 0.15) is 62.8 Å². The van der Waals surface area contributed by atoms with Gasteiger partial charge in [-0.05, 0) is 82.8 Å². The minimum atomic E-state index is -0.390. The second-order valence-corrected chi connectivity index (χ2v) is 11.1. The van der Waals surface area contributed by atoms with Crippen LogP contribution in [0.15, 0.2) is 29.2 Å². The molecule has 0 aromatic heterocycles. The number of thioether (sulfide) groups is 1. The van der Waals surface area contributed by atoms with Gasteiger partial charge in [0.15, 0.2) is 0 Å². The number of nitrogens with one attached hydrogen (secondary N) is 1. The lowest BCUT2D eigenvalue weighted by atomic mass is 9.62. The van der Waals surface area contributed by atoms with E-state index in [1.165, 1.54) is 16.7 Å². The predicted molar refractivity (Wildman–Crippen MR) is 134 cm³/mol. The van der Waals surface area contributed by atoms with Gasteiger partial charge in [-0.2, -0.15) is 0 Å². The Balaban J connectivity index is 1.93. The van der Waals surface area contributed by atoms with E-state index in [0.29, 0.717) is 16.4 Å². The zero-order valence-electron chi connectivity index (χ0n) is 20.3.